The molecule has 0 unspecified atom stereocenters. The van der Waals surface area contributed by atoms with E-state index in [1.165, 1.54) is 21.3 Å². The van der Waals surface area contributed by atoms with E-state index >= 15 is 0 Å². The van der Waals surface area contributed by atoms with Crippen molar-refractivity contribution in [1.29, 1.82) is 0 Å². The Kier molecular flexibility index (Phi) is 10.3. The van der Waals surface area contributed by atoms with Crippen LogP contribution in [0.15, 0.2) is 48.5 Å². The number of halogens is 2. The van der Waals surface area contributed by atoms with E-state index in [1.807, 2.05) is 6.92 Å². The van der Waals surface area contributed by atoms with E-state index in [9.17, 15) is 22.4 Å². The predicted molar refractivity (Wildman–Crippen MR) is 133 cm³/mol. The standard InChI is InChI=1S/C24H31ClFN3O4S/c1-4-22(24(31)27-5-2)28(17-18-8-12-20(26)13-9-18)23(30)7-6-16-29(34(3,32)33)21-14-10-19(25)11-15-21/h8-15,22H,4-7,16-17H2,1-3H3,(H,27,31)/t22-/m0/s1. The molecule has 2 aromatic rings. The second-order valence-electron chi connectivity index (χ2n) is 7.88. The molecule has 2 amide bonds. The highest BCUT2D eigenvalue weighted by Crippen LogP contribution is 2.22. The molecule has 0 saturated carbocycles. The number of amides is 2. The molecule has 2 aromatic carbocycles. The van der Waals surface area contributed by atoms with Gasteiger partial charge < -0.3 is 10.2 Å². The Bertz CT molecular complexity index is 1060. The van der Waals surface area contributed by atoms with E-state index in [2.05, 4.69) is 5.32 Å². The lowest BCUT2D eigenvalue weighted by Gasteiger charge is -2.31. The van der Waals surface area contributed by atoms with Crippen molar-refractivity contribution in [2.45, 2.75) is 45.7 Å². The summed E-state index contributed by atoms with van der Waals surface area (Å²) in [6, 6.07) is 11.5. The smallest absolute Gasteiger partial charge is 0.242 e. The van der Waals surface area contributed by atoms with Crippen molar-refractivity contribution in [3.8, 4) is 0 Å². The number of carbonyl (C=O) groups is 2. The molecule has 0 aliphatic heterocycles. The Morgan fingerprint density at radius 2 is 1.68 bits per heavy atom. The Morgan fingerprint density at radius 3 is 2.21 bits per heavy atom. The number of hydrogen-bond acceptors (Lipinski definition) is 4. The minimum atomic E-state index is -3.58. The lowest BCUT2D eigenvalue weighted by atomic mass is 10.1. The summed E-state index contributed by atoms with van der Waals surface area (Å²) in [6.07, 6.45) is 1.79. The van der Waals surface area contributed by atoms with Crippen molar-refractivity contribution in [2.24, 2.45) is 0 Å². The highest BCUT2D eigenvalue weighted by atomic mass is 35.5. The molecular formula is C24H31ClFN3O4S. The van der Waals surface area contributed by atoms with E-state index in [1.54, 1.807) is 43.3 Å². The van der Waals surface area contributed by atoms with Crippen molar-refractivity contribution < 1.29 is 22.4 Å². The molecule has 0 aliphatic rings. The van der Waals surface area contributed by atoms with Gasteiger partial charge in [-0.05, 0) is 61.7 Å². The van der Waals surface area contributed by atoms with Crippen LogP contribution >= 0.6 is 11.6 Å². The highest BCUT2D eigenvalue weighted by molar-refractivity contribution is 7.92. The Balaban J connectivity index is 2.18. The molecule has 186 valence electrons. The van der Waals surface area contributed by atoms with Gasteiger partial charge in [-0.25, -0.2) is 12.8 Å². The zero-order valence-corrected chi connectivity index (χ0v) is 21.2. The van der Waals surface area contributed by atoms with Crippen LogP contribution in [0.1, 0.15) is 38.7 Å². The van der Waals surface area contributed by atoms with Gasteiger partial charge in [0.15, 0.2) is 0 Å². The predicted octanol–water partition coefficient (Wildman–Crippen LogP) is 3.97. The zero-order chi connectivity index (χ0) is 25.3. The minimum absolute atomic E-state index is 0.0384. The molecule has 0 bridgehead atoms. The van der Waals surface area contributed by atoms with Crippen LogP contribution in [0.2, 0.25) is 5.02 Å². The minimum Gasteiger partial charge on any atom is -0.355 e. The fraction of sp³-hybridized carbons (Fsp3) is 0.417. The van der Waals surface area contributed by atoms with E-state index in [0.29, 0.717) is 29.2 Å². The summed E-state index contributed by atoms with van der Waals surface area (Å²) < 4.78 is 39.2. The van der Waals surface area contributed by atoms with Gasteiger partial charge in [0.25, 0.3) is 0 Å². The fourth-order valence-corrected chi connectivity index (χ4v) is 4.70. The van der Waals surface area contributed by atoms with Gasteiger partial charge in [0.2, 0.25) is 21.8 Å². The van der Waals surface area contributed by atoms with Gasteiger partial charge in [-0.3, -0.25) is 13.9 Å². The molecule has 0 spiro atoms. The fourth-order valence-electron chi connectivity index (χ4n) is 3.61. The number of nitrogens with zero attached hydrogens (tertiary/aromatic N) is 2. The van der Waals surface area contributed by atoms with Crippen molar-refractivity contribution in [3.05, 3.63) is 64.9 Å². The topological polar surface area (TPSA) is 86.8 Å². The maximum Gasteiger partial charge on any atom is 0.242 e. The molecule has 2 rings (SSSR count). The summed E-state index contributed by atoms with van der Waals surface area (Å²) in [5, 5.41) is 3.24. The van der Waals surface area contributed by atoms with Gasteiger partial charge in [-0.2, -0.15) is 0 Å². The number of benzene rings is 2. The van der Waals surface area contributed by atoms with Gasteiger partial charge in [0.1, 0.15) is 11.9 Å². The normalized spacial score (nSPS) is 12.1. The van der Waals surface area contributed by atoms with Crippen LogP contribution < -0.4 is 9.62 Å². The first-order valence-electron chi connectivity index (χ1n) is 11.1. The lowest BCUT2D eigenvalue weighted by Crippen LogP contribution is -2.49. The van der Waals surface area contributed by atoms with Crippen LogP contribution in [0, 0.1) is 5.82 Å². The van der Waals surface area contributed by atoms with Gasteiger partial charge >= 0.3 is 0 Å². The third kappa shape index (κ3) is 7.99. The average Bonchev–Trinajstić information content (AvgIpc) is 2.78. The van der Waals surface area contributed by atoms with Crippen molar-refractivity contribution in [3.63, 3.8) is 0 Å². The molecule has 1 N–H and O–H groups in total. The van der Waals surface area contributed by atoms with Crippen LogP contribution in [0.25, 0.3) is 0 Å². The van der Waals surface area contributed by atoms with E-state index in [4.69, 9.17) is 11.6 Å². The van der Waals surface area contributed by atoms with E-state index in [-0.39, 0.29) is 43.6 Å². The molecule has 34 heavy (non-hydrogen) atoms. The first-order chi connectivity index (χ1) is 16.1. The first kappa shape index (κ1) is 27.6. The second kappa shape index (κ2) is 12.7. The molecule has 0 aromatic heterocycles. The quantitative estimate of drug-likeness (QED) is 0.467. The summed E-state index contributed by atoms with van der Waals surface area (Å²) in [5.41, 5.74) is 1.15. The van der Waals surface area contributed by atoms with Crippen LogP contribution in [-0.4, -0.2) is 50.5 Å². The van der Waals surface area contributed by atoms with Crippen molar-refractivity contribution in [2.75, 3.05) is 23.7 Å². The highest BCUT2D eigenvalue weighted by Gasteiger charge is 2.28. The van der Waals surface area contributed by atoms with Gasteiger partial charge in [-0.1, -0.05) is 30.7 Å². The first-order valence-corrected chi connectivity index (χ1v) is 13.3. The molecule has 0 aliphatic carbocycles. The van der Waals surface area contributed by atoms with Crippen molar-refractivity contribution >= 4 is 39.1 Å². The van der Waals surface area contributed by atoms with Gasteiger partial charge in [-0.15, -0.1) is 0 Å². The van der Waals surface area contributed by atoms with Crippen LogP contribution in [0.3, 0.4) is 0 Å². The summed E-state index contributed by atoms with van der Waals surface area (Å²) in [6.45, 7) is 4.28. The number of carbonyl (C=O) groups excluding carboxylic acids is 2. The number of nitrogens with one attached hydrogen (secondary N) is 1. The monoisotopic (exact) mass is 511 g/mol. The maximum absolute atomic E-state index is 13.3. The average molecular weight is 512 g/mol. The number of sulfonamides is 1. The third-order valence-electron chi connectivity index (χ3n) is 5.27. The Morgan fingerprint density at radius 1 is 1.06 bits per heavy atom. The zero-order valence-electron chi connectivity index (χ0n) is 19.6. The number of likely N-dealkylation sites (N-methyl/N-ethyl adjacent to an activating group) is 1. The number of hydrogen-bond donors (Lipinski definition) is 1. The molecule has 7 nitrogen and oxygen atoms in total. The Hall–Kier alpha value is -2.65. The summed E-state index contributed by atoms with van der Waals surface area (Å²) in [7, 11) is -3.58. The summed E-state index contributed by atoms with van der Waals surface area (Å²) in [4.78, 5) is 27.3. The van der Waals surface area contributed by atoms with Crippen LogP contribution in [0.5, 0.6) is 0 Å². The van der Waals surface area contributed by atoms with Crippen molar-refractivity contribution in [1.82, 2.24) is 10.2 Å². The van der Waals surface area contributed by atoms with Crippen LogP contribution in [-0.2, 0) is 26.2 Å². The molecule has 0 saturated heterocycles. The third-order valence-corrected chi connectivity index (χ3v) is 6.72. The Labute approximate surface area is 205 Å². The van der Waals surface area contributed by atoms with Crippen LogP contribution in [0.4, 0.5) is 10.1 Å². The molecule has 0 heterocycles. The summed E-state index contributed by atoms with van der Waals surface area (Å²) >= 11 is 5.91. The molecule has 1 atom stereocenters. The number of anilines is 1. The molecular weight excluding hydrogens is 481 g/mol. The molecule has 10 heteroatoms. The summed E-state index contributed by atoms with van der Waals surface area (Å²) in [5.74, 6) is -0.938. The van der Waals surface area contributed by atoms with Gasteiger partial charge in [0.05, 0.1) is 11.9 Å². The maximum atomic E-state index is 13.3. The van der Waals surface area contributed by atoms with Gasteiger partial charge in [0, 0.05) is 31.1 Å². The largest absolute Gasteiger partial charge is 0.355 e. The van der Waals surface area contributed by atoms with E-state index < -0.39 is 16.1 Å². The number of rotatable bonds is 12. The van der Waals surface area contributed by atoms with E-state index in [0.717, 1.165) is 6.26 Å². The SMILES string of the molecule is CCNC(=O)[C@H](CC)N(Cc1ccc(F)cc1)C(=O)CCCN(c1ccc(Cl)cc1)S(C)(=O)=O. The molecule has 0 radical (unpaired) electrons. The lowest BCUT2D eigenvalue weighted by molar-refractivity contribution is -0.141. The molecule has 0 fully saturated rings. The second-order valence-corrected chi connectivity index (χ2v) is 10.2.